The molecule has 126 valence electrons. The Morgan fingerprint density at radius 1 is 1.13 bits per heavy atom. The first-order chi connectivity index (χ1) is 11.3. The molecule has 1 aromatic carbocycles. The first kappa shape index (κ1) is 16.1. The number of nitrogens with one attached hydrogen (secondary N) is 1. The third-order valence-corrected chi connectivity index (χ3v) is 4.55. The van der Waals surface area contributed by atoms with Crippen LogP contribution in [0.4, 0.5) is 17.1 Å². The minimum atomic E-state index is 0.0978. The van der Waals surface area contributed by atoms with Gasteiger partial charge in [0.1, 0.15) is 0 Å². The molecule has 3 rings (SSSR count). The van der Waals surface area contributed by atoms with E-state index in [4.69, 9.17) is 4.74 Å². The molecule has 0 bridgehead atoms. The summed E-state index contributed by atoms with van der Waals surface area (Å²) in [6.07, 6.45) is 3.94. The van der Waals surface area contributed by atoms with Gasteiger partial charge in [0, 0.05) is 38.3 Å². The number of nitrogens with zero attached hydrogens (tertiary/aromatic N) is 2. The molecule has 1 N–H and O–H groups in total. The number of hydrogen-bond donors (Lipinski definition) is 1. The van der Waals surface area contributed by atoms with Crippen molar-refractivity contribution < 1.29 is 9.53 Å². The fourth-order valence-electron chi connectivity index (χ4n) is 3.32. The molecule has 0 radical (unpaired) electrons. The molecule has 5 nitrogen and oxygen atoms in total. The molecule has 23 heavy (non-hydrogen) atoms. The van der Waals surface area contributed by atoms with E-state index in [1.165, 1.54) is 18.5 Å². The quantitative estimate of drug-likeness (QED) is 0.907. The van der Waals surface area contributed by atoms with Gasteiger partial charge in [0.25, 0.3) is 0 Å². The van der Waals surface area contributed by atoms with Crippen LogP contribution in [0.1, 0.15) is 32.6 Å². The summed E-state index contributed by atoms with van der Waals surface area (Å²) in [5.74, 6) is 0.0978. The van der Waals surface area contributed by atoms with Crippen LogP contribution in [0.3, 0.4) is 0 Å². The highest BCUT2D eigenvalue weighted by Gasteiger charge is 2.19. The van der Waals surface area contributed by atoms with E-state index in [2.05, 4.69) is 33.3 Å². The van der Waals surface area contributed by atoms with Gasteiger partial charge in [-0.3, -0.25) is 4.79 Å². The van der Waals surface area contributed by atoms with Crippen molar-refractivity contribution in [3.05, 3.63) is 18.2 Å². The van der Waals surface area contributed by atoms with Crippen LogP contribution in [0.25, 0.3) is 0 Å². The molecule has 0 aromatic heterocycles. The Morgan fingerprint density at radius 2 is 1.87 bits per heavy atom. The van der Waals surface area contributed by atoms with Crippen LogP contribution in [0.15, 0.2) is 18.2 Å². The van der Waals surface area contributed by atoms with Crippen molar-refractivity contribution in [3.63, 3.8) is 0 Å². The standard InChI is InChI=1S/C18H27N3O2/c1-2-5-18(22)19-16-14-15(20-8-3-4-9-20)6-7-17(16)21-10-12-23-13-11-21/h6-7,14H,2-5,8-13H2,1H3,(H,19,22). The van der Waals surface area contributed by atoms with E-state index in [0.29, 0.717) is 6.42 Å². The van der Waals surface area contributed by atoms with E-state index < -0.39 is 0 Å². The van der Waals surface area contributed by atoms with Crippen LogP contribution in [0.2, 0.25) is 0 Å². The van der Waals surface area contributed by atoms with E-state index in [1.807, 2.05) is 6.92 Å². The van der Waals surface area contributed by atoms with E-state index in [1.54, 1.807) is 0 Å². The minimum absolute atomic E-state index is 0.0978. The van der Waals surface area contributed by atoms with Crippen molar-refractivity contribution in [2.75, 3.05) is 54.5 Å². The molecule has 2 heterocycles. The Morgan fingerprint density at radius 3 is 2.57 bits per heavy atom. The number of hydrogen-bond acceptors (Lipinski definition) is 4. The highest BCUT2D eigenvalue weighted by molar-refractivity contribution is 5.95. The minimum Gasteiger partial charge on any atom is -0.378 e. The van der Waals surface area contributed by atoms with E-state index in [9.17, 15) is 4.79 Å². The summed E-state index contributed by atoms with van der Waals surface area (Å²) in [4.78, 5) is 16.8. The lowest BCUT2D eigenvalue weighted by Gasteiger charge is -2.31. The van der Waals surface area contributed by atoms with Crippen LogP contribution in [-0.4, -0.2) is 45.3 Å². The Hall–Kier alpha value is -1.75. The van der Waals surface area contributed by atoms with Gasteiger partial charge in [-0.2, -0.15) is 0 Å². The highest BCUT2D eigenvalue weighted by Crippen LogP contribution is 2.32. The molecule has 5 heteroatoms. The summed E-state index contributed by atoms with van der Waals surface area (Å²) in [5.41, 5.74) is 3.27. The molecular weight excluding hydrogens is 290 g/mol. The van der Waals surface area contributed by atoms with Crippen molar-refractivity contribution in [1.29, 1.82) is 0 Å². The molecule has 0 saturated carbocycles. The molecule has 0 aliphatic carbocycles. The number of anilines is 3. The van der Waals surface area contributed by atoms with Gasteiger partial charge in [0.15, 0.2) is 0 Å². The van der Waals surface area contributed by atoms with Gasteiger partial charge in [-0.1, -0.05) is 6.92 Å². The van der Waals surface area contributed by atoms with Crippen molar-refractivity contribution in [1.82, 2.24) is 0 Å². The highest BCUT2D eigenvalue weighted by atomic mass is 16.5. The lowest BCUT2D eigenvalue weighted by Crippen LogP contribution is -2.36. The monoisotopic (exact) mass is 317 g/mol. The van der Waals surface area contributed by atoms with Gasteiger partial charge in [-0.05, 0) is 37.5 Å². The van der Waals surface area contributed by atoms with Crippen molar-refractivity contribution in [2.45, 2.75) is 32.6 Å². The Labute approximate surface area is 138 Å². The summed E-state index contributed by atoms with van der Waals surface area (Å²) in [6, 6.07) is 6.48. The van der Waals surface area contributed by atoms with Gasteiger partial charge >= 0.3 is 0 Å². The normalized spacial score (nSPS) is 18.3. The lowest BCUT2D eigenvalue weighted by atomic mass is 10.2. The van der Waals surface area contributed by atoms with Crippen LogP contribution >= 0.6 is 0 Å². The van der Waals surface area contributed by atoms with Crippen LogP contribution < -0.4 is 15.1 Å². The molecule has 1 aromatic rings. The van der Waals surface area contributed by atoms with Gasteiger partial charge in [-0.15, -0.1) is 0 Å². The van der Waals surface area contributed by atoms with Crippen LogP contribution in [0, 0.1) is 0 Å². The molecule has 2 aliphatic rings. The molecule has 2 saturated heterocycles. The summed E-state index contributed by atoms with van der Waals surface area (Å²) >= 11 is 0. The third kappa shape index (κ3) is 3.96. The number of morpholine rings is 1. The maximum Gasteiger partial charge on any atom is 0.224 e. The Kier molecular flexibility index (Phi) is 5.39. The Balaban J connectivity index is 1.85. The number of amides is 1. The van der Waals surface area contributed by atoms with E-state index in [0.717, 1.165) is 57.2 Å². The second-order valence-corrected chi connectivity index (χ2v) is 6.29. The summed E-state index contributed by atoms with van der Waals surface area (Å²) < 4.78 is 5.45. The lowest BCUT2D eigenvalue weighted by molar-refractivity contribution is -0.116. The van der Waals surface area contributed by atoms with E-state index >= 15 is 0 Å². The zero-order valence-electron chi connectivity index (χ0n) is 14.0. The van der Waals surface area contributed by atoms with Gasteiger partial charge in [0.2, 0.25) is 5.91 Å². The molecule has 0 spiro atoms. The van der Waals surface area contributed by atoms with Crippen LogP contribution in [0.5, 0.6) is 0 Å². The zero-order valence-corrected chi connectivity index (χ0v) is 14.0. The fourth-order valence-corrected chi connectivity index (χ4v) is 3.32. The van der Waals surface area contributed by atoms with E-state index in [-0.39, 0.29) is 5.91 Å². The first-order valence-corrected chi connectivity index (χ1v) is 8.79. The zero-order chi connectivity index (χ0) is 16.1. The maximum absolute atomic E-state index is 12.1. The second kappa shape index (κ2) is 7.68. The third-order valence-electron chi connectivity index (χ3n) is 4.55. The predicted octanol–water partition coefficient (Wildman–Crippen LogP) is 2.86. The first-order valence-electron chi connectivity index (χ1n) is 8.79. The smallest absolute Gasteiger partial charge is 0.224 e. The number of benzene rings is 1. The average molecular weight is 317 g/mol. The Bertz CT molecular complexity index is 535. The topological polar surface area (TPSA) is 44.8 Å². The number of ether oxygens (including phenoxy) is 1. The van der Waals surface area contributed by atoms with Gasteiger partial charge in [0.05, 0.1) is 24.6 Å². The molecule has 0 atom stereocenters. The molecule has 2 aliphatic heterocycles. The summed E-state index contributed by atoms with van der Waals surface area (Å²) in [7, 11) is 0. The molecule has 2 fully saturated rings. The molecular formula is C18H27N3O2. The number of carbonyl (C=O) groups excluding carboxylic acids is 1. The van der Waals surface area contributed by atoms with Crippen molar-refractivity contribution >= 4 is 23.0 Å². The predicted molar refractivity (Wildman–Crippen MR) is 94.5 cm³/mol. The van der Waals surface area contributed by atoms with Crippen molar-refractivity contribution in [2.24, 2.45) is 0 Å². The average Bonchev–Trinajstić information content (AvgIpc) is 3.10. The largest absolute Gasteiger partial charge is 0.378 e. The molecule has 1 amide bonds. The number of rotatable bonds is 5. The SMILES string of the molecule is CCCC(=O)Nc1cc(N2CCCC2)ccc1N1CCOCC1. The van der Waals surface area contributed by atoms with Gasteiger partial charge in [-0.25, -0.2) is 0 Å². The summed E-state index contributed by atoms with van der Waals surface area (Å²) in [6.45, 7) is 7.49. The fraction of sp³-hybridized carbons (Fsp3) is 0.611. The van der Waals surface area contributed by atoms with Crippen LogP contribution in [-0.2, 0) is 9.53 Å². The number of carbonyl (C=O) groups is 1. The second-order valence-electron chi connectivity index (χ2n) is 6.29. The van der Waals surface area contributed by atoms with Crippen molar-refractivity contribution in [3.8, 4) is 0 Å². The molecule has 0 unspecified atom stereocenters. The summed E-state index contributed by atoms with van der Waals surface area (Å²) in [5, 5.41) is 3.12. The van der Waals surface area contributed by atoms with Gasteiger partial charge < -0.3 is 19.9 Å². The maximum atomic E-state index is 12.1.